The number of esters is 1. The summed E-state index contributed by atoms with van der Waals surface area (Å²) >= 11 is 0. The van der Waals surface area contributed by atoms with E-state index in [1.54, 1.807) is 13.8 Å². The summed E-state index contributed by atoms with van der Waals surface area (Å²) in [5, 5.41) is 1.94. The molecule has 0 aromatic heterocycles. The van der Waals surface area contributed by atoms with Crippen molar-refractivity contribution in [1.82, 2.24) is 4.90 Å². The van der Waals surface area contributed by atoms with Crippen molar-refractivity contribution in [3.8, 4) is 0 Å². The zero-order chi connectivity index (χ0) is 22.2. The van der Waals surface area contributed by atoms with Crippen LogP contribution in [-0.4, -0.2) is 41.4 Å². The molecule has 2 heterocycles. The fraction of sp³-hybridized carbons (Fsp3) is 0.400. The van der Waals surface area contributed by atoms with Crippen LogP contribution in [0.5, 0.6) is 0 Å². The number of fused-ring (bicyclic) bond motifs is 1. The average molecular weight is 422 g/mol. The molecule has 6 nitrogen and oxygen atoms in total. The number of hydrogen-bond acceptors (Lipinski definition) is 4. The molecule has 4 atom stereocenters. The van der Waals surface area contributed by atoms with E-state index in [1.165, 1.54) is 4.90 Å². The fourth-order valence-corrected chi connectivity index (χ4v) is 5.37. The van der Waals surface area contributed by atoms with Gasteiger partial charge in [0.1, 0.15) is 17.9 Å². The molecule has 2 aliphatic rings. The van der Waals surface area contributed by atoms with Crippen LogP contribution >= 0.6 is 0 Å². The van der Waals surface area contributed by atoms with Gasteiger partial charge in [0.15, 0.2) is 0 Å². The maximum atomic E-state index is 13.5. The van der Waals surface area contributed by atoms with Crippen molar-refractivity contribution < 1.29 is 24.4 Å². The van der Waals surface area contributed by atoms with Crippen molar-refractivity contribution in [2.45, 2.75) is 38.8 Å². The third-order valence-electron chi connectivity index (χ3n) is 6.72. The lowest BCUT2D eigenvalue weighted by Gasteiger charge is -2.30. The number of benzene rings is 2. The van der Waals surface area contributed by atoms with Gasteiger partial charge in [-0.3, -0.25) is 14.5 Å². The molecule has 0 aliphatic carbocycles. The molecule has 2 aromatic rings. The Morgan fingerprint density at radius 3 is 2.35 bits per heavy atom. The maximum Gasteiger partial charge on any atom is 0.369 e. The number of imide groups is 1. The largest absolute Gasteiger partial charge is 0.461 e. The molecule has 6 heteroatoms. The topological polar surface area (TPSA) is 80.3 Å². The maximum absolute atomic E-state index is 13.5. The Morgan fingerprint density at radius 1 is 1.03 bits per heavy atom. The normalized spacial score (nSPS) is 27.5. The minimum Gasteiger partial charge on any atom is -0.461 e. The van der Waals surface area contributed by atoms with E-state index < -0.39 is 23.3 Å². The minimum absolute atomic E-state index is 0.193. The number of carbonyl (C=O) groups excluding carboxylic acids is 3. The number of nitrogens with zero attached hydrogens (tertiary/aromatic N) is 1. The predicted molar refractivity (Wildman–Crippen MR) is 115 cm³/mol. The first kappa shape index (κ1) is 21.2. The molecule has 2 N–H and O–H groups in total. The van der Waals surface area contributed by atoms with Gasteiger partial charge in [0, 0.05) is 18.5 Å². The van der Waals surface area contributed by atoms with E-state index in [4.69, 9.17) is 4.74 Å². The van der Waals surface area contributed by atoms with Gasteiger partial charge in [0.2, 0.25) is 17.4 Å². The second-order valence-electron chi connectivity index (χ2n) is 8.40. The van der Waals surface area contributed by atoms with Crippen LogP contribution in [0.1, 0.15) is 36.6 Å². The van der Waals surface area contributed by atoms with Gasteiger partial charge >= 0.3 is 5.97 Å². The first-order valence-corrected chi connectivity index (χ1v) is 10.9. The van der Waals surface area contributed by atoms with E-state index in [0.717, 1.165) is 16.7 Å². The summed E-state index contributed by atoms with van der Waals surface area (Å²) in [5.74, 6) is -2.25. The summed E-state index contributed by atoms with van der Waals surface area (Å²) in [6, 6.07) is 17.2. The van der Waals surface area contributed by atoms with E-state index in [0.29, 0.717) is 13.0 Å². The van der Waals surface area contributed by atoms with E-state index >= 15 is 0 Å². The molecule has 2 aromatic carbocycles. The molecule has 4 rings (SSSR count). The SMILES string of the molecule is CCOC(=O)[C@]1(Cc2ccccc2)[NH2+][C@@H](c2ccccc2C)[C@H]2C(=O)N(CC)C(=O)[C@@H]21. The highest BCUT2D eigenvalue weighted by molar-refractivity contribution is 6.08. The van der Waals surface area contributed by atoms with Gasteiger partial charge < -0.3 is 10.1 Å². The molecule has 2 amide bonds. The zero-order valence-electron chi connectivity index (χ0n) is 18.2. The highest BCUT2D eigenvalue weighted by Gasteiger charge is 2.72. The third kappa shape index (κ3) is 3.35. The molecule has 0 bridgehead atoms. The smallest absolute Gasteiger partial charge is 0.369 e. The number of ether oxygens (including phenoxy) is 1. The number of amides is 2. The molecule has 2 fully saturated rings. The molecule has 2 saturated heterocycles. The summed E-state index contributed by atoms with van der Waals surface area (Å²) in [6.45, 7) is 6.08. The van der Waals surface area contributed by atoms with Crippen LogP contribution < -0.4 is 5.32 Å². The second-order valence-corrected chi connectivity index (χ2v) is 8.40. The van der Waals surface area contributed by atoms with Gasteiger partial charge in [-0.05, 0) is 31.9 Å². The van der Waals surface area contributed by atoms with E-state index in [1.807, 2.05) is 66.8 Å². The predicted octanol–water partition coefficient (Wildman–Crippen LogP) is 1.78. The molecule has 0 radical (unpaired) electrons. The molecule has 0 unspecified atom stereocenters. The zero-order valence-corrected chi connectivity index (χ0v) is 18.2. The molecule has 0 saturated carbocycles. The van der Waals surface area contributed by atoms with E-state index in [2.05, 4.69) is 0 Å². The van der Waals surface area contributed by atoms with Crippen LogP contribution in [0.3, 0.4) is 0 Å². The molecule has 162 valence electrons. The lowest BCUT2D eigenvalue weighted by Crippen LogP contribution is -2.98. The summed E-state index contributed by atoms with van der Waals surface area (Å²) < 4.78 is 5.52. The van der Waals surface area contributed by atoms with Crippen molar-refractivity contribution in [1.29, 1.82) is 0 Å². The Hall–Kier alpha value is -2.99. The number of quaternary nitrogens is 1. The van der Waals surface area contributed by atoms with Crippen molar-refractivity contribution in [2.24, 2.45) is 11.8 Å². The molecule has 0 spiro atoms. The van der Waals surface area contributed by atoms with E-state index in [-0.39, 0.29) is 24.5 Å². The van der Waals surface area contributed by atoms with Crippen LogP contribution in [0.15, 0.2) is 54.6 Å². The van der Waals surface area contributed by atoms with Crippen LogP contribution in [0.2, 0.25) is 0 Å². The van der Waals surface area contributed by atoms with Crippen LogP contribution in [0, 0.1) is 18.8 Å². The lowest BCUT2D eigenvalue weighted by atomic mass is 9.76. The standard InChI is InChI=1S/C25H28N2O4/c1-4-27-22(28)19-20(23(27)29)25(24(30)31-5-2,15-17-12-7-6-8-13-17)26-21(19)18-14-10-9-11-16(18)3/h6-14,19-21,26H,4-5,15H2,1-3H3/p+1/t19-,20+,21-,25+/m0/s1. The Bertz CT molecular complexity index is 1010. The number of carbonyl (C=O) groups is 3. The van der Waals surface area contributed by atoms with Crippen LogP contribution in [0.4, 0.5) is 0 Å². The third-order valence-corrected chi connectivity index (χ3v) is 6.72. The number of rotatable bonds is 6. The van der Waals surface area contributed by atoms with Crippen molar-refractivity contribution >= 4 is 17.8 Å². The molecule has 31 heavy (non-hydrogen) atoms. The van der Waals surface area contributed by atoms with E-state index in [9.17, 15) is 14.4 Å². The minimum atomic E-state index is -1.19. The summed E-state index contributed by atoms with van der Waals surface area (Å²) in [7, 11) is 0. The van der Waals surface area contributed by atoms with Gasteiger partial charge in [-0.2, -0.15) is 0 Å². The highest BCUT2D eigenvalue weighted by atomic mass is 16.5. The van der Waals surface area contributed by atoms with Crippen molar-refractivity contribution in [3.63, 3.8) is 0 Å². The summed E-state index contributed by atoms with van der Waals surface area (Å²) in [4.78, 5) is 41.7. The number of likely N-dealkylation sites (tertiary alicyclic amines) is 1. The summed E-state index contributed by atoms with van der Waals surface area (Å²) in [5.41, 5.74) is 1.77. The number of nitrogens with two attached hydrogens (primary N) is 1. The van der Waals surface area contributed by atoms with Crippen LogP contribution in [-0.2, 0) is 25.5 Å². The molecule has 2 aliphatic heterocycles. The van der Waals surface area contributed by atoms with Crippen molar-refractivity contribution in [3.05, 3.63) is 71.3 Å². The Kier molecular flexibility index (Phi) is 5.67. The lowest BCUT2D eigenvalue weighted by molar-refractivity contribution is -0.734. The average Bonchev–Trinajstić information content (AvgIpc) is 3.23. The first-order valence-electron chi connectivity index (χ1n) is 10.9. The number of hydrogen-bond donors (Lipinski definition) is 1. The Labute approximate surface area is 182 Å². The fourth-order valence-electron chi connectivity index (χ4n) is 5.37. The van der Waals surface area contributed by atoms with Gasteiger partial charge in [-0.1, -0.05) is 54.6 Å². The molecular weight excluding hydrogens is 392 g/mol. The molecular formula is C25H29N2O4+. The van der Waals surface area contributed by atoms with Crippen molar-refractivity contribution in [2.75, 3.05) is 13.2 Å². The van der Waals surface area contributed by atoms with Gasteiger partial charge in [-0.25, -0.2) is 4.79 Å². The first-order chi connectivity index (χ1) is 14.9. The quantitative estimate of drug-likeness (QED) is 0.570. The van der Waals surface area contributed by atoms with Gasteiger partial charge in [0.05, 0.1) is 6.61 Å². The highest BCUT2D eigenvalue weighted by Crippen LogP contribution is 2.46. The Balaban J connectivity index is 1.89. The Morgan fingerprint density at radius 2 is 1.71 bits per heavy atom. The number of aryl methyl sites for hydroxylation is 1. The summed E-state index contributed by atoms with van der Waals surface area (Å²) in [6.07, 6.45) is 0.326. The second kappa shape index (κ2) is 8.27. The monoisotopic (exact) mass is 421 g/mol. The van der Waals surface area contributed by atoms with Gasteiger partial charge in [0.25, 0.3) is 0 Å². The van der Waals surface area contributed by atoms with Gasteiger partial charge in [-0.15, -0.1) is 0 Å². The van der Waals surface area contributed by atoms with Crippen LogP contribution in [0.25, 0.3) is 0 Å².